The minimum absolute atomic E-state index is 0.0654. The van der Waals surface area contributed by atoms with Crippen molar-refractivity contribution in [3.05, 3.63) is 71.9 Å². The molecule has 0 bridgehead atoms. The van der Waals surface area contributed by atoms with Gasteiger partial charge in [0.05, 0.1) is 11.9 Å². The minimum atomic E-state index is -1.57. The molecule has 0 saturated carbocycles. The lowest BCUT2D eigenvalue weighted by Crippen LogP contribution is -2.54. The van der Waals surface area contributed by atoms with Crippen LogP contribution in [0.3, 0.4) is 0 Å². The summed E-state index contributed by atoms with van der Waals surface area (Å²) in [5.74, 6) is -7.13. The van der Waals surface area contributed by atoms with Crippen molar-refractivity contribution in [2.75, 3.05) is 6.61 Å². The van der Waals surface area contributed by atoms with E-state index in [1.54, 1.807) is 32.0 Å². The van der Waals surface area contributed by atoms with Crippen molar-refractivity contribution >= 4 is 34.5 Å². The van der Waals surface area contributed by atoms with Gasteiger partial charge < -0.3 is 20.5 Å². The summed E-state index contributed by atoms with van der Waals surface area (Å²) in [6.45, 7) is 2.41. The highest BCUT2D eigenvalue weighted by molar-refractivity contribution is 5.99. The molecule has 0 spiro atoms. The third-order valence-corrected chi connectivity index (χ3v) is 5.43. The molecule has 0 fully saturated rings. The predicted octanol–water partition coefficient (Wildman–Crippen LogP) is 2.88. The number of carbonyl (C=O) groups excluding carboxylic acids is 3. The largest absolute Gasteiger partial charge is 0.481 e. The number of fused-ring (bicyclic) bond motifs is 1. The van der Waals surface area contributed by atoms with Crippen molar-refractivity contribution < 1.29 is 37.8 Å². The number of nitrogens with zero attached hydrogens (tertiary/aromatic N) is 1. The number of para-hydroxylation sites is 2. The Kier molecular flexibility index (Phi) is 8.83. The number of rotatable bonds is 11. The zero-order valence-electron chi connectivity index (χ0n) is 20.0. The van der Waals surface area contributed by atoms with E-state index in [1.165, 1.54) is 6.07 Å². The molecule has 0 aliphatic carbocycles. The molecule has 2 atom stereocenters. The van der Waals surface area contributed by atoms with Crippen LogP contribution in [0.25, 0.3) is 10.9 Å². The zero-order chi connectivity index (χ0) is 27.1. The van der Waals surface area contributed by atoms with Crippen LogP contribution < -0.4 is 15.4 Å². The molecule has 0 aliphatic heterocycles. The lowest BCUT2D eigenvalue weighted by Gasteiger charge is -2.24. The molecule has 0 saturated heterocycles. The first-order chi connectivity index (χ1) is 17.6. The molecular weight excluding hydrogens is 488 g/mol. The van der Waals surface area contributed by atoms with Crippen molar-refractivity contribution in [1.82, 2.24) is 15.6 Å². The van der Waals surface area contributed by atoms with Gasteiger partial charge in [0.2, 0.25) is 5.91 Å². The number of Topliss-reactive ketones (excluding diaryl/α,β-unsaturated/α-hetero) is 1. The van der Waals surface area contributed by atoms with Crippen LogP contribution in [0.1, 0.15) is 30.8 Å². The highest BCUT2D eigenvalue weighted by Crippen LogP contribution is 2.21. The number of halogens is 2. The van der Waals surface area contributed by atoms with Gasteiger partial charge in [0.1, 0.15) is 24.4 Å². The van der Waals surface area contributed by atoms with Gasteiger partial charge in [0.15, 0.2) is 23.2 Å². The summed E-state index contributed by atoms with van der Waals surface area (Å²) >= 11 is 0. The molecule has 3 rings (SSSR count). The van der Waals surface area contributed by atoms with E-state index in [2.05, 4.69) is 15.6 Å². The zero-order valence-corrected chi connectivity index (χ0v) is 20.0. The molecule has 11 heteroatoms. The third-order valence-electron chi connectivity index (χ3n) is 5.43. The second-order valence-electron chi connectivity index (χ2n) is 8.55. The number of nitrogens with one attached hydrogen (secondary N) is 2. The van der Waals surface area contributed by atoms with E-state index >= 15 is 0 Å². The van der Waals surface area contributed by atoms with Crippen LogP contribution in [0.2, 0.25) is 0 Å². The van der Waals surface area contributed by atoms with Gasteiger partial charge >= 0.3 is 5.97 Å². The van der Waals surface area contributed by atoms with Crippen LogP contribution in [-0.4, -0.2) is 52.3 Å². The number of benzene rings is 2. The monoisotopic (exact) mass is 513 g/mol. The van der Waals surface area contributed by atoms with Crippen LogP contribution in [0, 0.1) is 17.6 Å². The Morgan fingerprint density at radius 1 is 0.946 bits per heavy atom. The second kappa shape index (κ2) is 12.0. The number of ketones is 1. The van der Waals surface area contributed by atoms with E-state index in [0.717, 1.165) is 23.6 Å². The van der Waals surface area contributed by atoms with Gasteiger partial charge in [-0.25, -0.2) is 13.8 Å². The van der Waals surface area contributed by atoms with Crippen molar-refractivity contribution in [1.29, 1.82) is 0 Å². The Morgan fingerprint density at radius 3 is 2.27 bits per heavy atom. The first-order valence-electron chi connectivity index (χ1n) is 11.3. The van der Waals surface area contributed by atoms with Gasteiger partial charge in [-0.2, -0.15) is 0 Å². The molecule has 3 aromatic rings. The number of aromatic nitrogens is 1. The predicted molar refractivity (Wildman–Crippen MR) is 129 cm³/mol. The molecule has 1 aromatic heterocycles. The SMILES string of the molecule is CC(C)[C@H](NC(=O)c1ccc2ccccc2n1)C(=O)NC(CC(=O)O)C(=O)COc1c(F)cccc1F. The maximum absolute atomic E-state index is 13.8. The first-order valence-corrected chi connectivity index (χ1v) is 11.3. The van der Waals surface area contributed by atoms with E-state index < -0.39 is 72.0 Å². The maximum Gasteiger partial charge on any atom is 0.305 e. The van der Waals surface area contributed by atoms with Crippen LogP contribution in [-0.2, 0) is 14.4 Å². The highest BCUT2D eigenvalue weighted by Gasteiger charge is 2.31. The van der Waals surface area contributed by atoms with E-state index in [4.69, 9.17) is 4.74 Å². The molecule has 194 valence electrons. The van der Waals surface area contributed by atoms with Crippen LogP contribution >= 0.6 is 0 Å². The summed E-state index contributed by atoms with van der Waals surface area (Å²) in [6.07, 6.45) is -0.807. The van der Waals surface area contributed by atoms with E-state index in [0.29, 0.717) is 5.52 Å². The summed E-state index contributed by atoms with van der Waals surface area (Å²) < 4.78 is 32.5. The summed E-state index contributed by atoms with van der Waals surface area (Å²) in [7, 11) is 0. The molecule has 2 amide bonds. The summed E-state index contributed by atoms with van der Waals surface area (Å²) in [4.78, 5) is 54.0. The number of carbonyl (C=O) groups is 4. The molecule has 3 N–H and O–H groups in total. The Labute approximate surface area is 210 Å². The summed E-state index contributed by atoms with van der Waals surface area (Å²) in [5.41, 5.74) is 0.648. The number of hydrogen-bond acceptors (Lipinski definition) is 6. The minimum Gasteiger partial charge on any atom is -0.481 e. The normalized spacial score (nSPS) is 12.6. The van der Waals surface area contributed by atoms with Crippen molar-refractivity contribution in [2.24, 2.45) is 5.92 Å². The lowest BCUT2D eigenvalue weighted by molar-refractivity contribution is -0.140. The molecule has 1 heterocycles. The van der Waals surface area contributed by atoms with E-state index in [1.807, 2.05) is 12.1 Å². The third kappa shape index (κ3) is 7.06. The quantitative estimate of drug-likeness (QED) is 0.359. The maximum atomic E-state index is 13.8. The van der Waals surface area contributed by atoms with Crippen molar-refractivity contribution in [3.8, 4) is 5.75 Å². The number of carboxylic acids is 1. The van der Waals surface area contributed by atoms with E-state index in [-0.39, 0.29) is 5.69 Å². The Bertz CT molecular complexity index is 1310. The van der Waals surface area contributed by atoms with Gasteiger partial charge in [-0.3, -0.25) is 19.2 Å². The number of ether oxygens (including phenoxy) is 1. The van der Waals surface area contributed by atoms with Crippen LogP contribution in [0.5, 0.6) is 5.75 Å². The molecule has 2 aromatic carbocycles. The number of carboxylic acid groups (broad SMARTS) is 1. The number of amides is 2. The molecule has 0 radical (unpaired) electrons. The van der Waals surface area contributed by atoms with Crippen molar-refractivity contribution in [3.63, 3.8) is 0 Å². The van der Waals surface area contributed by atoms with Gasteiger partial charge in [-0.1, -0.05) is 44.2 Å². The van der Waals surface area contributed by atoms with E-state index in [9.17, 15) is 33.1 Å². The fourth-order valence-corrected chi connectivity index (χ4v) is 3.49. The fraction of sp³-hybridized carbons (Fsp3) is 0.269. The average molecular weight is 513 g/mol. The van der Waals surface area contributed by atoms with Gasteiger partial charge in [0.25, 0.3) is 5.91 Å². The first kappa shape index (κ1) is 27.2. The van der Waals surface area contributed by atoms with Crippen LogP contribution in [0.4, 0.5) is 8.78 Å². The standard InChI is InChI=1S/C26H25F2N3O6/c1-14(2)23(31-25(35)19-11-10-15-6-3-4-9-18(15)29-19)26(36)30-20(12-22(33)34)21(32)13-37-24-16(27)7-5-8-17(24)28/h3-11,14,20,23H,12-13H2,1-2H3,(H,30,36)(H,31,35)(H,33,34)/t20?,23-/m0/s1. The fourth-order valence-electron chi connectivity index (χ4n) is 3.49. The molecule has 0 aliphatic rings. The highest BCUT2D eigenvalue weighted by atomic mass is 19.1. The Balaban J connectivity index is 1.71. The Hall–Kier alpha value is -4.41. The average Bonchev–Trinajstić information content (AvgIpc) is 2.85. The number of pyridine rings is 1. The summed E-state index contributed by atoms with van der Waals surface area (Å²) in [6, 6.07) is 10.6. The Morgan fingerprint density at radius 2 is 1.62 bits per heavy atom. The number of aliphatic carboxylic acids is 1. The molecule has 1 unspecified atom stereocenters. The van der Waals surface area contributed by atoms with Gasteiger partial charge in [-0.15, -0.1) is 0 Å². The van der Waals surface area contributed by atoms with Gasteiger partial charge in [0, 0.05) is 5.39 Å². The topological polar surface area (TPSA) is 135 Å². The van der Waals surface area contributed by atoms with Crippen LogP contribution in [0.15, 0.2) is 54.6 Å². The molecule has 37 heavy (non-hydrogen) atoms. The summed E-state index contributed by atoms with van der Waals surface area (Å²) in [5, 5.41) is 14.9. The second-order valence-corrected chi connectivity index (χ2v) is 8.55. The van der Waals surface area contributed by atoms with Crippen molar-refractivity contribution in [2.45, 2.75) is 32.4 Å². The molecular formula is C26H25F2N3O6. The lowest BCUT2D eigenvalue weighted by atomic mass is 10.0. The van der Waals surface area contributed by atoms with Gasteiger partial charge in [-0.05, 0) is 30.2 Å². The molecule has 9 nitrogen and oxygen atoms in total. The number of hydrogen-bond donors (Lipinski definition) is 3. The smallest absolute Gasteiger partial charge is 0.305 e.